The van der Waals surface area contributed by atoms with Gasteiger partial charge in [0.1, 0.15) is 5.75 Å². The first kappa shape index (κ1) is 13.7. The Morgan fingerprint density at radius 3 is 2.33 bits per heavy atom. The molecular weight excluding hydrogens is 264 g/mol. The summed E-state index contributed by atoms with van der Waals surface area (Å²) < 4.78 is 5.41. The Bertz CT molecular complexity index is 682. The summed E-state index contributed by atoms with van der Waals surface area (Å²) in [6, 6.07) is 13.9. The maximum Gasteiger partial charge on any atom is 0.314 e. The molecule has 1 aliphatic rings. The van der Waals surface area contributed by atoms with Crippen molar-refractivity contribution < 1.29 is 14.6 Å². The number of aliphatic carboxylic acids is 1. The summed E-state index contributed by atoms with van der Waals surface area (Å²) in [5, 5.41) is 9.34. The zero-order chi connectivity index (χ0) is 15.0. The van der Waals surface area contributed by atoms with Crippen molar-refractivity contribution in [2.45, 2.75) is 25.2 Å². The summed E-state index contributed by atoms with van der Waals surface area (Å²) in [5.74, 6) is 0.108. The van der Waals surface area contributed by atoms with E-state index in [1.54, 1.807) is 7.11 Å². The van der Waals surface area contributed by atoms with Crippen LogP contribution in [0.5, 0.6) is 5.75 Å². The van der Waals surface area contributed by atoms with E-state index in [0.29, 0.717) is 0 Å². The van der Waals surface area contributed by atoms with Gasteiger partial charge in [-0.1, -0.05) is 35.9 Å². The van der Waals surface area contributed by atoms with E-state index in [0.717, 1.165) is 35.3 Å². The van der Waals surface area contributed by atoms with E-state index < -0.39 is 11.4 Å². The maximum atomic E-state index is 11.4. The Labute approximate surface area is 124 Å². The minimum atomic E-state index is -0.719. The maximum absolute atomic E-state index is 11.4. The second kappa shape index (κ2) is 4.92. The van der Waals surface area contributed by atoms with Crippen molar-refractivity contribution in [2.24, 2.45) is 0 Å². The molecule has 0 aromatic heterocycles. The first-order valence-electron chi connectivity index (χ1n) is 7.06. The molecule has 0 heterocycles. The van der Waals surface area contributed by atoms with Gasteiger partial charge in [-0.25, -0.2) is 0 Å². The van der Waals surface area contributed by atoms with Crippen LogP contribution < -0.4 is 4.74 Å². The molecule has 0 amide bonds. The highest BCUT2D eigenvalue weighted by Crippen LogP contribution is 2.48. The van der Waals surface area contributed by atoms with Gasteiger partial charge in [-0.15, -0.1) is 0 Å². The van der Waals surface area contributed by atoms with Gasteiger partial charge in [-0.2, -0.15) is 0 Å². The molecule has 1 aliphatic carbocycles. The van der Waals surface area contributed by atoms with Crippen LogP contribution in [0.2, 0.25) is 0 Å². The molecule has 0 aliphatic heterocycles. The molecule has 0 unspecified atom stereocenters. The third-order valence-electron chi connectivity index (χ3n) is 4.26. The summed E-state index contributed by atoms with van der Waals surface area (Å²) in [6.45, 7) is 2.04. The Kier molecular flexibility index (Phi) is 3.20. The first-order valence-corrected chi connectivity index (χ1v) is 7.06. The zero-order valence-corrected chi connectivity index (χ0v) is 12.2. The third-order valence-corrected chi connectivity index (χ3v) is 4.26. The van der Waals surface area contributed by atoms with Crippen molar-refractivity contribution in [1.82, 2.24) is 0 Å². The molecule has 0 saturated heterocycles. The lowest BCUT2D eigenvalue weighted by molar-refractivity contribution is -0.140. The van der Waals surface area contributed by atoms with E-state index in [9.17, 15) is 9.90 Å². The number of carboxylic acid groups (broad SMARTS) is 1. The molecule has 3 heteroatoms. The highest BCUT2D eigenvalue weighted by Gasteiger charge is 2.51. The highest BCUT2D eigenvalue weighted by atomic mass is 16.5. The van der Waals surface area contributed by atoms with Gasteiger partial charge in [0.25, 0.3) is 0 Å². The fourth-order valence-electron chi connectivity index (χ4n) is 2.77. The van der Waals surface area contributed by atoms with Gasteiger partial charge in [-0.3, -0.25) is 4.79 Å². The summed E-state index contributed by atoms with van der Waals surface area (Å²) in [5.41, 5.74) is 3.49. The summed E-state index contributed by atoms with van der Waals surface area (Å²) >= 11 is 0. The minimum absolute atomic E-state index is 0.644. The Morgan fingerprint density at radius 1 is 1.14 bits per heavy atom. The van der Waals surface area contributed by atoms with E-state index in [1.165, 1.54) is 5.56 Å². The Balaban J connectivity index is 1.99. The summed E-state index contributed by atoms with van der Waals surface area (Å²) in [6.07, 6.45) is 1.46. The number of hydrogen-bond donors (Lipinski definition) is 1. The molecule has 1 fully saturated rings. The molecule has 2 aromatic rings. The predicted octanol–water partition coefficient (Wildman–Crippen LogP) is 3.79. The quantitative estimate of drug-likeness (QED) is 0.928. The van der Waals surface area contributed by atoms with Crippen LogP contribution >= 0.6 is 0 Å². The van der Waals surface area contributed by atoms with Gasteiger partial charge < -0.3 is 9.84 Å². The van der Waals surface area contributed by atoms with Crippen LogP contribution in [0.3, 0.4) is 0 Å². The number of hydrogen-bond acceptors (Lipinski definition) is 2. The normalized spacial score (nSPS) is 15.5. The molecule has 0 atom stereocenters. The van der Waals surface area contributed by atoms with Gasteiger partial charge >= 0.3 is 5.97 Å². The number of carboxylic acids is 1. The average molecular weight is 282 g/mol. The standard InChI is InChI=1S/C18H18O3/c1-12-3-8-16(21-2)15(11-12)13-4-6-14(7-5-13)18(9-10-18)17(19)20/h3-8,11H,9-10H2,1-2H3,(H,19,20). The van der Waals surface area contributed by atoms with Crippen molar-refractivity contribution in [3.05, 3.63) is 53.6 Å². The number of carbonyl (C=O) groups is 1. The van der Waals surface area contributed by atoms with Crippen molar-refractivity contribution >= 4 is 5.97 Å². The van der Waals surface area contributed by atoms with E-state index in [-0.39, 0.29) is 0 Å². The van der Waals surface area contributed by atoms with E-state index in [1.807, 2.05) is 43.3 Å². The minimum Gasteiger partial charge on any atom is -0.496 e. The van der Waals surface area contributed by atoms with Gasteiger partial charge in [0, 0.05) is 5.56 Å². The fraction of sp³-hybridized carbons (Fsp3) is 0.278. The van der Waals surface area contributed by atoms with E-state index in [2.05, 4.69) is 6.07 Å². The van der Waals surface area contributed by atoms with Crippen molar-refractivity contribution in [1.29, 1.82) is 0 Å². The van der Waals surface area contributed by atoms with Crippen LogP contribution in [-0.4, -0.2) is 18.2 Å². The second-order valence-electron chi connectivity index (χ2n) is 5.67. The molecule has 0 spiro atoms. The molecule has 0 radical (unpaired) electrons. The third kappa shape index (κ3) is 2.29. The number of benzene rings is 2. The van der Waals surface area contributed by atoms with E-state index in [4.69, 9.17) is 4.74 Å². The lowest BCUT2D eigenvalue weighted by Crippen LogP contribution is -2.19. The molecule has 21 heavy (non-hydrogen) atoms. The second-order valence-corrected chi connectivity index (χ2v) is 5.67. The van der Waals surface area contributed by atoms with Crippen molar-refractivity contribution in [2.75, 3.05) is 7.11 Å². The smallest absolute Gasteiger partial charge is 0.314 e. The van der Waals surface area contributed by atoms with Crippen LogP contribution in [-0.2, 0) is 10.2 Å². The zero-order valence-electron chi connectivity index (χ0n) is 12.2. The Morgan fingerprint density at radius 2 is 1.81 bits per heavy atom. The monoisotopic (exact) mass is 282 g/mol. The molecule has 2 aromatic carbocycles. The largest absolute Gasteiger partial charge is 0.496 e. The van der Waals surface area contributed by atoms with E-state index >= 15 is 0 Å². The van der Waals surface area contributed by atoms with Crippen LogP contribution in [0.1, 0.15) is 24.0 Å². The lowest BCUT2D eigenvalue weighted by atomic mass is 9.93. The molecule has 3 rings (SSSR count). The van der Waals surface area contributed by atoms with Gasteiger partial charge in [0.2, 0.25) is 0 Å². The first-order chi connectivity index (χ1) is 10.1. The molecule has 1 N–H and O–H groups in total. The lowest BCUT2D eigenvalue weighted by Gasteiger charge is -2.13. The van der Waals surface area contributed by atoms with Crippen molar-refractivity contribution in [3.63, 3.8) is 0 Å². The van der Waals surface area contributed by atoms with Crippen LogP contribution in [0.15, 0.2) is 42.5 Å². The van der Waals surface area contributed by atoms with Gasteiger partial charge in [-0.05, 0) is 43.0 Å². The molecule has 0 bridgehead atoms. The molecule has 108 valence electrons. The highest BCUT2D eigenvalue weighted by molar-refractivity contribution is 5.85. The van der Waals surface area contributed by atoms with Crippen molar-refractivity contribution in [3.8, 4) is 16.9 Å². The summed E-state index contributed by atoms with van der Waals surface area (Å²) in [4.78, 5) is 11.4. The SMILES string of the molecule is COc1ccc(C)cc1-c1ccc(C2(C(=O)O)CC2)cc1. The van der Waals surface area contributed by atoms with Gasteiger partial charge in [0.15, 0.2) is 0 Å². The number of methoxy groups -OCH3 is 1. The average Bonchev–Trinajstić information content (AvgIpc) is 3.29. The number of aryl methyl sites for hydroxylation is 1. The van der Waals surface area contributed by atoms with Gasteiger partial charge in [0.05, 0.1) is 12.5 Å². The fourth-order valence-corrected chi connectivity index (χ4v) is 2.77. The molecule has 1 saturated carbocycles. The molecular formula is C18H18O3. The van der Waals surface area contributed by atoms with Crippen LogP contribution in [0.4, 0.5) is 0 Å². The number of rotatable bonds is 4. The molecule has 3 nitrogen and oxygen atoms in total. The van der Waals surface area contributed by atoms with Crippen LogP contribution in [0, 0.1) is 6.92 Å². The number of ether oxygens (including phenoxy) is 1. The summed E-state index contributed by atoms with van der Waals surface area (Å²) in [7, 11) is 1.66. The van der Waals surface area contributed by atoms with Crippen LogP contribution in [0.25, 0.3) is 11.1 Å². The predicted molar refractivity (Wildman–Crippen MR) is 81.7 cm³/mol. The Hall–Kier alpha value is -2.29. The topological polar surface area (TPSA) is 46.5 Å².